The molecule has 0 aliphatic heterocycles. The van der Waals surface area contributed by atoms with Gasteiger partial charge in [-0.15, -0.1) is 0 Å². The molecule has 0 rings (SSSR count). The van der Waals surface area contributed by atoms with Gasteiger partial charge >= 0.3 is 6.09 Å². The van der Waals surface area contributed by atoms with Gasteiger partial charge in [0.2, 0.25) is 0 Å². The molecule has 2 atom stereocenters. The molecular weight excluding hydrogens is 480 g/mol. The molecule has 0 aromatic carbocycles. The van der Waals surface area contributed by atoms with Crippen LogP contribution >= 0.6 is 0 Å². The standard InChI is InChI=1S/C23H48N2O11/c1-23(2,3)36-22(28)25-5-7-30-14-16-34-18-20(26)21(27)19-35-17-15-33-13-12-32-11-10-31-9-8-29-6-4-24/h20-21,26-27H,4-19,24H2,1-3H3,(H,25,28). The van der Waals surface area contributed by atoms with Crippen molar-refractivity contribution < 1.29 is 52.9 Å². The third-order valence-corrected chi connectivity index (χ3v) is 4.06. The normalized spacial score (nSPS) is 13.5. The lowest BCUT2D eigenvalue weighted by Crippen LogP contribution is -2.35. The van der Waals surface area contributed by atoms with Gasteiger partial charge in [-0.2, -0.15) is 0 Å². The quantitative estimate of drug-likeness (QED) is 0.110. The van der Waals surface area contributed by atoms with Crippen molar-refractivity contribution in [2.45, 2.75) is 38.6 Å². The second-order valence-electron chi connectivity index (χ2n) is 8.56. The Labute approximate surface area is 214 Å². The van der Waals surface area contributed by atoms with Crippen LogP contribution in [-0.2, 0) is 37.9 Å². The van der Waals surface area contributed by atoms with Crippen LogP contribution in [0.25, 0.3) is 0 Å². The van der Waals surface area contributed by atoms with Gasteiger partial charge in [-0.3, -0.25) is 0 Å². The monoisotopic (exact) mass is 528 g/mol. The molecule has 1 amide bonds. The summed E-state index contributed by atoms with van der Waals surface area (Å²) in [6.07, 6.45) is -2.66. The van der Waals surface area contributed by atoms with Gasteiger partial charge in [-0.05, 0) is 20.8 Å². The largest absolute Gasteiger partial charge is 0.444 e. The number of carbonyl (C=O) groups excluding carboxylic acids is 1. The lowest BCUT2D eigenvalue weighted by atomic mass is 10.2. The second kappa shape index (κ2) is 24.2. The predicted octanol–water partition coefficient (Wildman–Crippen LogP) is -0.692. The van der Waals surface area contributed by atoms with Crippen molar-refractivity contribution in [2.24, 2.45) is 5.73 Å². The van der Waals surface area contributed by atoms with E-state index >= 15 is 0 Å². The van der Waals surface area contributed by atoms with E-state index in [4.69, 9.17) is 43.6 Å². The fourth-order valence-electron chi connectivity index (χ4n) is 2.35. The highest BCUT2D eigenvalue weighted by Gasteiger charge is 2.17. The van der Waals surface area contributed by atoms with Gasteiger partial charge in [-0.25, -0.2) is 4.79 Å². The lowest BCUT2D eigenvalue weighted by Gasteiger charge is -2.19. The number of nitrogens with one attached hydrogen (secondary N) is 1. The van der Waals surface area contributed by atoms with Gasteiger partial charge in [0.25, 0.3) is 0 Å². The van der Waals surface area contributed by atoms with Crippen LogP contribution in [0.1, 0.15) is 20.8 Å². The maximum Gasteiger partial charge on any atom is 0.407 e. The molecule has 0 heterocycles. The summed E-state index contributed by atoms with van der Waals surface area (Å²) in [5.74, 6) is 0. The minimum absolute atomic E-state index is 0.0381. The van der Waals surface area contributed by atoms with Gasteiger partial charge in [0, 0.05) is 13.1 Å². The second-order valence-corrected chi connectivity index (χ2v) is 8.56. The third-order valence-electron chi connectivity index (χ3n) is 4.06. The number of hydrogen-bond acceptors (Lipinski definition) is 12. The van der Waals surface area contributed by atoms with Gasteiger partial charge in [0.15, 0.2) is 0 Å². The molecule has 2 unspecified atom stereocenters. The summed E-state index contributed by atoms with van der Waals surface area (Å²) in [6.45, 7) is 10.9. The molecule has 0 radical (unpaired) electrons. The zero-order valence-electron chi connectivity index (χ0n) is 22.1. The molecule has 13 nitrogen and oxygen atoms in total. The molecule has 0 aromatic rings. The van der Waals surface area contributed by atoms with E-state index in [1.807, 2.05) is 0 Å². The van der Waals surface area contributed by atoms with Gasteiger partial charge in [0.1, 0.15) is 17.8 Å². The smallest absolute Gasteiger partial charge is 0.407 e. The van der Waals surface area contributed by atoms with E-state index in [2.05, 4.69) is 5.32 Å². The molecule has 0 aliphatic carbocycles. The van der Waals surface area contributed by atoms with Crippen molar-refractivity contribution in [1.29, 1.82) is 0 Å². The van der Waals surface area contributed by atoms with Crippen LogP contribution in [0.5, 0.6) is 0 Å². The summed E-state index contributed by atoms with van der Waals surface area (Å²) < 4.78 is 42.2. The molecule has 216 valence electrons. The summed E-state index contributed by atoms with van der Waals surface area (Å²) >= 11 is 0. The highest BCUT2D eigenvalue weighted by molar-refractivity contribution is 5.67. The van der Waals surface area contributed by atoms with Crippen LogP contribution in [0.4, 0.5) is 4.79 Å². The Morgan fingerprint density at radius 2 is 1.03 bits per heavy atom. The summed E-state index contributed by atoms with van der Waals surface area (Å²) in [4.78, 5) is 11.5. The molecule has 13 heteroatoms. The Morgan fingerprint density at radius 3 is 1.42 bits per heavy atom. The van der Waals surface area contributed by atoms with Crippen LogP contribution in [0.3, 0.4) is 0 Å². The van der Waals surface area contributed by atoms with Crippen molar-refractivity contribution in [3.8, 4) is 0 Å². The van der Waals surface area contributed by atoms with Gasteiger partial charge < -0.3 is 59.2 Å². The number of nitrogens with two attached hydrogens (primary N) is 1. The van der Waals surface area contributed by atoms with E-state index in [0.29, 0.717) is 72.6 Å². The summed E-state index contributed by atoms with van der Waals surface area (Å²) in [5.41, 5.74) is 4.76. The third kappa shape index (κ3) is 25.9. The Morgan fingerprint density at radius 1 is 0.667 bits per heavy atom. The molecule has 0 aromatic heterocycles. The molecule has 5 N–H and O–H groups in total. The van der Waals surface area contributed by atoms with Crippen molar-refractivity contribution >= 4 is 6.09 Å². The minimum atomic E-state index is -1.08. The van der Waals surface area contributed by atoms with E-state index in [0.717, 1.165) is 0 Å². The number of aliphatic hydroxyl groups excluding tert-OH is 2. The number of alkyl carbamates (subject to hydrolysis) is 1. The first-order valence-electron chi connectivity index (χ1n) is 12.3. The maximum absolute atomic E-state index is 11.5. The first-order valence-corrected chi connectivity index (χ1v) is 12.3. The molecule has 0 saturated heterocycles. The average Bonchev–Trinajstić information content (AvgIpc) is 2.81. The number of ether oxygens (including phenoxy) is 8. The minimum Gasteiger partial charge on any atom is -0.444 e. The number of carbonyl (C=O) groups is 1. The highest BCUT2D eigenvalue weighted by Crippen LogP contribution is 2.06. The Balaban J connectivity index is 3.38. The van der Waals surface area contributed by atoms with E-state index < -0.39 is 23.9 Å². The van der Waals surface area contributed by atoms with Crippen LogP contribution < -0.4 is 11.1 Å². The van der Waals surface area contributed by atoms with Crippen LogP contribution in [-0.4, -0.2) is 140 Å². The molecule has 36 heavy (non-hydrogen) atoms. The highest BCUT2D eigenvalue weighted by atomic mass is 16.6. The Bertz CT molecular complexity index is 495. The number of amides is 1. The predicted molar refractivity (Wildman–Crippen MR) is 131 cm³/mol. The lowest BCUT2D eigenvalue weighted by molar-refractivity contribution is -0.0815. The molecule has 0 spiro atoms. The summed E-state index contributed by atoms with van der Waals surface area (Å²) in [7, 11) is 0. The zero-order chi connectivity index (χ0) is 26.9. The van der Waals surface area contributed by atoms with E-state index in [-0.39, 0.29) is 33.0 Å². The molecule has 0 fully saturated rings. The maximum atomic E-state index is 11.5. The first-order chi connectivity index (χ1) is 17.3. The molecule has 0 saturated carbocycles. The molecular formula is C23H48N2O11. The Kier molecular flexibility index (Phi) is 23.5. The van der Waals surface area contributed by atoms with Crippen molar-refractivity contribution in [3.05, 3.63) is 0 Å². The van der Waals surface area contributed by atoms with Crippen LogP contribution in [0.15, 0.2) is 0 Å². The van der Waals surface area contributed by atoms with Crippen LogP contribution in [0.2, 0.25) is 0 Å². The van der Waals surface area contributed by atoms with E-state index in [9.17, 15) is 15.0 Å². The fraction of sp³-hybridized carbons (Fsp3) is 0.957. The van der Waals surface area contributed by atoms with E-state index in [1.165, 1.54) is 0 Å². The van der Waals surface area contributed by atoms with Crippen molar-refractivity contribution in [2.75, 3.05) is 106 Å². The molecule has 0 bridgehead atoms. The Hall–Kier alpha value is -1.13. The zero-order valence-corrected chi connectivity index (χ0v) is 22.1. The SMILES string of the molecule is CC(C)(C)OC(=O)NCCOCCOCC(O)C(O)COCCOCCOCCOCCOCCN. The van der Waals surface area contributed by atoms with Crippen molar-refractivity contribution in [1.82, 2.24) is 5.32 Å². The van der Waals surface area contributed by atoms with Gasteiger partial charge in [-0.1, -0.05) is 0 Å². The number of rotatable bonds is 25. The van der Waals surface area contributed by atoms with E-state index in [1.54, 1.807) is 20.8 Å². The molecule has 0 aliphatic rings. The summed E-state index contributed by atoms with van der Waals surface area (Å²) in [5, 5.41) is 22.4. The summed E-state index contributed by atoms with van der Waals surface area (Å²) in [6, 6.07) is 0. The number of aliphatic hydroxyl groups is 2. The van der Waals surface area contributed by atoms with Crippen molar-refractivity contribution in [3.63, 3.8) is 0 Å². The first kappa shape index (κ1) is 34.9. The van der Waals surface area contributed by atoms with Crippen LogP contribution in [0, 0.1) is 0 Å². The number of hydrogen-bond donors (Lipinski definition) is 4. The van der Waals surface area contributed by atoms with Gasteiger partial charge in [0.05, 0.1) is 92.5 Å². The fourth-order valence-corrected chi connectivity index (χ4v) is 2.35. The topological polar surface area (TPSA) is 169 Å². The average molecular weight is 529 g/mol.